The Bertz CT molecular complexity index is 632. The van der Waals surface area contributed by atoms with E-state index >= 15 is 0 Å². The summed E-state index contributed by atoms with van der Waals surface area (Å²) in [5.74, 6) is -2.31. The molecule has 0 radical (unpaired) electrons. The highest BCUT2D eigenvalue weighted by molar-refractivity contribution is 5.80. The van der Waals surface area contributed by atoms with E-state index in [4.69, 9.17) is 40.6 Å². The van der Waals surface area contributed by atoms with Gasteiger partial charge < -0.3 is 51.3 Å². The number of rotatable bonds is 12. The zero-order chi connectivity index (χ0) is 26.9. The number of nitrogens with one attached hydrogen (secondary N) is 2. The third-order valence-electron chi connectivity index (χ3n) is 3.06. The molecule has 0 rings (SSSR count). The lowest BCUT2D eigenvalue weighted by atomic mass is 10.2. The van der Waals surface area contributed by atoms with Crippen LogP contribution in [0.4, 0.5) is 9.59 Å². The van der Waals surface area contributed by atoms with Crippen molar-refractivity contribution in [3.8, 4) is 0 Å². The number of nitrogens with two attached hydrogens (primary N) is 2. The molecule has 0 aromatic heterocycles. The van der Waals surface area contributed by atoms with E-state index < -0.39 is 47.4 Å². The van der Waals surface area contributed by atoms with Gasteiger partial charge in [-0.3, -0.25) is 4.79 Å². The number of hydrogen-bond acceptors (Lipinski definition) is 10. The Labute approximate surface area is 199 Å². The van der Waals surface area contributed by atoms with E-state index in [-0.39, 0.29) is 26.4 Å². The van der Waals surface area contributed by atoms with Crippen molar-refractivity contribution in [1.82, 2.24) is 10.6 Å². The minimum Gasteiger partial charge on any atom is -0.480 e. The maximum atomic E-state index is 11.6. The number of ether oxygens (including phenoxy) is 4. The maximum Gasteiger partial charge on any atom is 0.408 e. The number of alkyl carbamates (subject to hydrolysis) is 2. The fourth-order valence-electron chi connectivity index (χ4n) is 1.73. The van der Waals surface area contributed by atoms with Crippen LogP contribution < -0.4 is 22.1 Å². The molecule has 0 aliphatic rings. The molecule has 0 aliphatic carbocycles. The molecule has 0 bridgehead atoms. The molecule has 0 saturated heterocycles. The molecule has 14 nitrogen and oxygen atoms in total. The van der Waals surface area contributed by atoms with Crippen molar-refractivity contribution in [2.45, 2.75) is 64.8 Å². The number of carboxylic acid groups (broad SMARTS) is 2. The normalized spacial score (nSPS) is 12.9. The van der Waals surface area contributed by atoms with Crippen LogP contribution in [0.25, 0.3) is 0 Å². The average molecular weight is 497 g/mol. The zero-order valence-electron chi connectivity index (χ0n) is 20.7. The summed E-state index contributed by atoms with van der Waals surface area (Å²) >= 11 is 0. The molecule has 0 aromatic rings. The van der Waals surface area contributed by atoms with E-state index in [2.05, 4.69) is 10.6 Å². The van der Waals surface area contributed by atoms with Crippen molar-refractivity contribution in [2.24, 2.45) is 11.5 Å². The monoisotopic (exact) mass is 496 g/mol. The molecule has 0 spiro atoms. The Kier molecular flexibility index (Phi) is 16.6. The molecule has 0 aromatic carbocycles. The smallest absolute Gasteiger partial charge is 0.408 e. The van der Waals surface area contributed by atoms with E-state index in [1.54, 1.807) is 41.5 Å². The maximum absolute atomic E-state index is 11.6. The first-order chi connectivity index (χ1) is 15.5. The second-order valence-corrected chi connectivity index (χ2v) is 8.85. The second kappa shape index (κ2) is 16.9. The molecular weight excluding hydrogens is 456 g/mol. The topological polar surface area (TPSA) is 222 Å². The summed E-state index contributed by atoms with van der Waals surface area (Å²) < 4.78 is 19.9. The first-order valence-electron chi connectivity index (χ1n) is 10.5. The van der Waals surface area contributed by atoms with Gasteiger partial charge in [-0.25, -0.2) is 14.4 Å². The largest absolute Gasteiger partial charge is 0.480 e. The van der Waals surface area contributed by atoms with Crippen molar-refractivity contribution in [3.63, 3.8) is 0 Å². The van der Waals surface area contributed by atoms with Crippen molar-refractivity contribution >= 4 is 24.1 Å². The Balaban J connectivity index is 0. The van der Waals surface area contributed by atoms with Gasteiger partial charge in [0.05, 0.1) is 26.4 Å². The fourth-order valence-corrected chi connectivity index (χ4v) is 1.73. The number of amides is 2. The van der Waals surface area contributed by atoms with Crippen LogP contribution in [0.3, 0.4) is 0 Å². The van der Waals surface area contributed by atoms with E-state index in [1.165, 1.54) is 0 Å². The van der Waals surface area contributed by atoms with Gasteiger partial charge in [0.2, 0.25) is 0 Å². The van der Waals surface area contributed by atoms with E-state index in [9.17, 15) is 19.2 Å². The third-order valence-corrected chi connectivity index (χ3v) is 3.06. The zero-order valence-corrected chi connectivity index (χ0v) is 20.7. The summed E-state index contributed by atoms with van der Waals surface area (Å²) in [5.41, 5.74) is 8.84. The molecule has 8 N–H and O–H groups in total. The summed E-state index contributed by atoms with van der Waals surface area (Å²) in [6.45, 7) is 10.9. The average Bonchev–Trinajstić information content (AvgIpc) is 2.64. The van der Waals surface area contributed by atoms with Gasteiger partial charge in [0.1, 0.15) is 17.2 Å². The first-order valence-corrected chi connectivity index (χ1v) is 10.5. The number of hydrogen-bond donors (Lipinski definition) is 6. The molecule has 0 saturated carbocycles. The van der Waals surface area contributed by atoms with Gasteiger partial charge in [-0.15, -0.1) is 0 Å². The van der Waals surface area contributed by atoms with Gasteiger partial charge >= 0.3 is 24.1 Å². The molecule has 2 atom stereocenters. The van der Waals surface area contributed by atoms with Gasteiger partial charge in [-0.2, -0.15) is 0 Å². The molecule has 0 unspecified atom stereocenters. The Hall–Kier alpha value is -2.68. The van der Waals surface area contributed by atoms with Crippen LogP contribution >= 0.6 is 0 Å². The first kappa shape index (κ1) is 33.5. The molecule has 2 amide bonds. The highest BCUT2D eigenvalue weighted by Gasteiger charge is 2.24. The Morgan fingerprint density at radius 2 is 1.32 bits per heavy atom. The van der Waals surface area contributed by atoms with Gasteiger partial charge in [-0.1, -0.05) is 0 Å². The summed E-state index contributed by atoms with van der Waals surface area (Å²) in [7, 11) is 0. The minimum atomic E-state index is -1.25. The van der Waals surface area contributed by atoms with Crippen LogP contribution in [0, 0.1) is 0 Å². The summed E-state index contributed by atoms with van der Waals surface area (Å²) in [6.07, 6.45) is -1.43. The summed E-state index contributed by atoms with van der Waals surface area (Å²) in [5, 5.41) is 22.0. The van der Waals surface area contributed by atoms with Crippen molar-refractivity contribution in [1.29, 1.82) is 0 Å². The SMILES string of the molecule is CC(C)(C)OC(=O)NCCOC[C@H](NC(=O)OC(C)(C)C)C(=O)O.NCCOC[C@H](N)C(=O)O. The Morgan fingerprint density at radius 3 is 1.76 bits per heavy atom. The van der Waals surface area contributed by atoms with Crippen molar-refractivity contribution < 1.29 is 48.3 Å². The lowest BCUT2D eigenvalue weighted by molar-refractivity contribution is -0.141. The molecule has 0 heterocycles. The van der Waals surface area contributed by atoms with Crippen LogP contribution in [-0.4, -0.2) is 97.1 Å². The van der Waals surface area contributed by atoms with Gasteiger partial charge in [0.25, 0.3) is 0 Å². The highest BCUT2D eigenvalue weighted by Crippen LogP contribution is 2.07. The predicted molar refractivity (Wildman–Crippen MR) is 121 cm³/mol. The predicted octanol–water partition coefficient (Wildman–Crippen LogP) is -0.121. The number of carboxylic acids is 2. The standard InChI is InChI=1S/C15H28N2O7.C5H12N2O3/c1-14(2,3)23-12(20)16-7-8-22-9-10(11(18)19)17-13(21)24-15(4,5)6;6-1-2-10-3-4(7)5(8)9/h10H,7-9H2,1-6H3,(H,16,20)(H,17,21)(H,18,19);4H,1-3,6-7H2,(H,8,9)/t10-;4-/m00/s1. The van der Waals surface area contributed by atoms with Crippen LogP contribution in [0.15, 0.2) is 0 Å². The van der Waals surface area contributed by atoms with Gasteiger partial charge in [0.15, 0.2) is 6.04 Å². The van der Waals surface area contributed by atoms with E-state index in [1.807, 2.05) is 0 Å². The fraction of sp³-hybridized carbons (Fsp3) is 0.800. The van der Waals surface area contributed by atoms with E-state index in [0.717, 1.165) is 0 Å². The van der Waals surface area contributed by atoms with Crippen LogP contribution in [0.2, 0.25) is 0 Å². The molecule has 14 heteroatoms. The number of carbonyl (C=O) groups is 4. The number of carbonyl (C=O) groups excluding carboxylic acids is 2. The van der Waals surface area contributed by atoms with Crippen molar-refractivity contribution in [3.05, 3.63) is 0 Å². The van der Waals surface area contributed by atoms with Gasteiger partial charge in [0, 0.05) is 13.1 Å². The lowest BCUT2D eigenvalue weighted by Gasteiger charge is -2.22. The quantitative estimate of drug-likeness (QED) is 0.195. The van der Waals surface area contributed by atoms with Gasteiger partial charge in [-0.05, 0) is 41.5 Å². The molecule has 34 heavy (non-hydrogen) atoms. The lowest BCUT2D eigenvalue weighted by Crippen LogP contribution is -2.46. The summed E-state index contributed by atoms with van der Waals surface area (Å²) in [6, 6.07) is -2.19. The van der Waals surface area contributed by atoms with Crippen LogP contribution in [0.1, 0.15) is 41.5 Å². The number of aliphatic carboxylic acids is 2. The van der Waals surface area contributed by atoms with Crippen LogP contribution in [-0.2, 0) is 28.5 Å². The van der Waals surface area contributed by atoms with Crippen molar-refractivity contribution in [2.75, 3.05) is 39.5 Å². The van der Waals surface area contributed by atoms with Crippen LogP contribution in [0.5, 0.6) is 0 Å². The third kappa shape index (κ3) is 22.5. The molecule has 0 aliphatic heterocycles. The minimum absolute atomic E-state index is 0.0204. The summed E-state index contributed by atoms with van der Waals surface area (Å²) in [4.78, 5) is 44.1. The Morgan fingerprint density at radius 1 is 0.824 bits per heavy atom. The van der Waals surface area contributed by atoms with E-state index in [0.29, 0.717) is 13.2 Å². The molecular formula is C20H40N4O10. The second-order valence-electron chi connectivity index (χ2n) is 8.85. The molecule has 0 fully saturated rings. The molecule has 200 valence electrons. The highest BCUT2D eigenvalue weighted by atomic mass is 16.6.